The van der Waals surface area contributed by atoms with Crippen LogP contribution in [-0.2, 0) is 4.79 Å². The highest BCUT2D eigenvalue weighted by atomic mass is 32.2. The number of nitrogens with zero attached hydrogens (tertiary/aromatic N) is 2. The highest BCUT2D eigenvalue weighted by Gasteiger charge is 2.34. The van der Waals surface area contributed by atoms with E-state index in [1.165, 1.54) is 7.11 Å². The number of carbonyl (C=O) groups excluding carboxylic acids is 1. The zero-order chi connectivity index (χ0) is 21.4. The third-order valence-electron chi connectivity index (χ3n) is 5.14. The van der Waals surface area contributed by atoms with Crippen molar-refractivity contribution in [2.75, 3.05) is 19.5 Å². The Hall–Kier alpha value is -3.13. The van der Waals surface area contributed by atoms with Crippen LogP contribution in [0.2, 0.25) is 0 Å². The molecule has 0 radical (unpaired) electrons. The number of aromatic nitrogens is 2. The number of fused-ring (bicyclic) bond motifs is 1. The van der Waals surface area contributed by atoms with Gasteiger partial charge in [0.1, 0.15) is 11.6 Å². The number of ether oxygens (including phenoxy) is 2. The molecule has 30 heavy (non-hydrogen) atoms. The maximum absolute atomic E-state index is 12.8. The van der Waals surface area contributed by atoms with Gasteiger partial charge in [-0.3, -0.25) is 4.79 Å². The molecule has 2 aromatic carbocycles. The summed E-state index contributed by atoms with van der Waals surface area (Å²) in [6.07, 6.45) is 0. The molecule has 1 aliphatic heterocycles. The molecular weight excluding hydrogens is 402 g/mol. The molecule has 156 valence electrons. The normalized spacial score (nSPS) is 18.3. The number of hydrogen-bond acceptors (Lipinski definition) is 6. The molecule has 0 bridgehead atoms. The van der Waals surface area contributed by atoms with Gasteiger partial charge in [-0.25, -0.2) is 4.68 Å². The van der Waals surface area contributed by atoms with E-state index in [1.807, 2.05) is 50.2 Å². The van der Waals surface area contributed by atoms with Crippen molar-refractivity contribution in [3.05, 3.63) is 59.3 Å². The highest BCUT2D eigenvalue weighted by Crippen LogP contribution is 2.47. The molecule has 8 heteroatoms. The van der Waals surface area contributed by atoms with Gasteiger partial charge >= 0.3 is 0 Å². The number of aryl methyl sites for hydroxylation is 1. The lowest BCUT2D eigenvalue weighted by molar-refractivity contribution is -0.115. The average molecular weight is 426 g/mol. The minimum atomic E-state index is -0.272. The summed E-state index contributed by atoms with van der Waals surface area (Å²) in [5, 5.41) is 17.4. The number of phenolic OH excluding ortho intramolecular Hbond substituents is 1. The Bertz CT molecular complexity index is 1090. The Kier molecular flexibility index (Phi) is 5.34. The van der Waals surface area contributed by atoms with E-state index in [0.717, 1.165) is 28.3 Å². The summed E-state index contributed by atoms with van der Waals surface area (Å²) in [7, 11) is 3.14. The van der Waals surface area contributed by atoms with Gasteiger partial charge in [0.25, 0.3) is 0 Å². The van der Waals surface area contributed by atoms with Crippen LogP contribution >= 0.6 is 11.8 Å². The number of aromatic hydroxyl groups is 1. The topological polar surface area (TPSA) is 85.6 Å². The molecule has 0 saturated heterocycles. The van der Waals surface area contributed by atoms with Gasteiger partial charge in [-0.2, -0.15) is 5.10 Å². The number of amides is 1. The van der Waals surface area contributed by atoms with E-state index in [0.29, 0.717) is 11.6 Å². The summed E-state index contributed by atoms with van der Waals surface area (Å²) in [5.41, 5.74) is 3.50. The molecule has 0 spiro atoms. The summed E-state index contributed by atoms with van der Waals surface area (Å²) in [4.78, 5) is 12.8. The summed E-state index contributed by atoms with van der Waals surface area (Å²) < 4.78 is 12.3. The SMILES string of the molecule is COc1ccc(-n2nc(C)c3c2NC(=O)[C@@H](C)S[C@H]3c2ccc(O)c(OC)c2)cc1. The maximum atomic E-state index is 12.8. The lowest BCUT2D eigenvalue weighted by Gasteiger charge is -2.18. The zero-order valence-electron chi connectivity index (χ0n) is 17.2. The Morgan fingerprint density at radius 2 is 1.87 bits per heavy atom. The summed E-state index contributed by atoms with van der Waals surface area (Å²) in [6, 6.07) is 12.8. The van der Waals surface area contributed by atoms with Gasteiger partial charge in [0.2, 0.25) is 5.91 Å². The zero-order valence-corrected chi connectivity index (χ0v) is 18.0. The molecule has 2 N–H and O–H groups in total. The number of carbonyl (C=O) groups is 1. The third kappa shape index (κ3) is 3.47. The third-order valence-corrected chi connectivity index (χ3v) is 6.55. The van der Waals surface area contributed by atoms with Crippen LogP contribution in [0.25, 0.3) is 5.69 Å². The van der Waals surface area contributed by atoms with Gasteiger partial charge in [0.05, 0.1) is 36.1 Å². The molecule has 7 nitrogen and oxygen atoms in total. The fourth-order valence-electron chi connectivity index (χ4n) is 3.54. The molecule has 4 rings (SSSR count). The molecule has 1 amide bonds. The monoisotopic (exact) mass is 425 g/mol. The number of nitrogens with one attached hydrogen (secondary N) is 1. The Morgan fingerprint density at radius 3 is 2.53 bits per heavy atom. The minimum absolute atomic E-state index is 0.0768. The number of hydrogen-bond donors (Lipinski definition) is 2. The number of rotatable bonds is 4. The average Bonchev–Trinajstić information content (AvgIpc) is 3.00. The first-order valence-electron chi connectivity index (χ1n) is 9.50. The first-order valence-corrected chi connectivity index (χ1v) is 10.4. The number of methoxy groups -OCH3 is 2. The van der Waals surface area contributed by atoms with E-state index in [9.17, 15) is 9.90 Å². The summed E-state index contributed by atoms with van der Waals surface area (Å²) in [5.74, 6) is 1.79. The predicted octanol–water partition coefficient (Wildman–Crippen LogP) is 4.07. The molecule has 1 aliphatic rings. The number of thioether (sulfide) groups is 1. The smallest absolute Gasteiger partial charge is 0.238 e. The molecule has 0 fully saturated rings. The molecule has 1 aromatic heterocycles. The molecule has 2 heterocycles. The first-order chi connectivity index (χ1) is 14.4. The van der Waals surface area contributed by atoms with E-state index in [2.05, 4.69) is 5.32 Å². The Labute approximate surface area is 179 Å². The lowest BCUT2D eigenvalue weighted by atomic mass is 10.0. The van der Waals surface area contributed by atoms with Crippen LogP contribution in [0, 0.1) is 6.92 Å². The molecular formula is C22H23N3O4S. The van der Waals surface area contributed by atoms with Crippen LogP contribution < -0.4 is 14.8 Å². The second-order valence-corrected chi connectivity index (χ2v) is 8.49. The van der Waals surface area contributed by atoms with Crippen molar-refractivity contribution in [3.63, 3.8) is 0 Å². The molecule has 0 saturated carbocycles. The van der Waals surface area contributed by atoms with Crippen molar-refractivity contribution in [1.29, 1.82) is 0 Å². The van der Waals surface area contributed by atoms with Crippen molar-refractivity contribution in [3.8, 4) is 22.9 Å². The van der Waals surface area contributed by atoms with Crippen molar-refractivity contribution >= 4 is 23.5 Å². The minimum Gasteiger partial charge on any atom is -0.504 e. The van der Waals surface area contributed by atoms with Crippen LogP contribution in [0.4, 0.5) is 5.82 Å². The fraction of sp³-hybridized carbons (Fsp3) is 0.273. The first kappa shape index (κ1) is 20.2. The van der Waals surface area contributed by atoms with Gasteiger partial charge in [-0.1, -0.05) is 6.07 Å². The van der Waals surface area contributed by atoms with Gasteiger partial charge in [0, 0.05) is 5.56 Å². The van der Waals surface area contributed by atoms with Crippen LogP contribution in [0.15, 0.2) is 42.5 Å². The lowest BCUT2D eigenvalue weighted by Crippen LogP contribution is -2.22. The van der Waals surface area contributed by atoms with Gasteiger partial charge < -0.3 is 19.9 Å². The van der Waals surface area contributed by atoms with Gasteiger partial charge in [-0.15, -0.1) is 11.8 Å². The molecule has 2 atom stereocenters. The van der Waals surface area contributed by atoms with Crippen molar-refractivity contribution in [1.82, 2.24) is 9.78 Å². The second kappa shape index (κ2) is 7.95. The van der Waals surface area contributed by atoms with Gasteiger partial charge in [0.15, 0.2) is 11.5 Å². The van der Waals surface area contributed by atoms with Crippen molar-refractivity contribution < 1.29 is 19.4 Å². The summed E-state index contributed by atoms with van der Waals surface area (Å²) in [6.45, 7) is 3.82. The standard InChI is InChI=1S/C22H23N3O4S/c1-12-19-20(14-5-10-17(26)18(11-14)29-4)30-13(2)22(27)23-21(19)25(24-12)15-6-8-16(28-3)9-7-15/h5-11,13,20,26H,1-4H3,(H,23,27)/t13-,20+/m1/s1. The van der Waals surface area contributed by atoms with Crippen molar-refractivity contribution in [2.45, 2.75) is 24.3 Å². The predicted molar refractivity (Wildman–Crippen MR) is 117 cm³/mol. The second-order valence-electron chi connectivity index (χ2n) is 7.04. The molecule has 0 unspecified atom stereocenters. The van der Waals surface area contributed by atoms with Crippen LogP contribution in [-0.4, -0.2) is 40.3 Å². The van der Waals surface area contributed by atoms with Gasteiger partial charge in [-0.05, 0) is 55.8 Å². The highest BCUT2D eigenvalue weighted by molar-refractivity contribution is 8.01. The quantitative estimate of drug-likeness (QED) is 0.656. The molecule has 3 aromatic rings. The van der Waals surface area contributed by atoms with E-state index in [1.54, 1.807) is 29.6 Å². The van der Waals surface area contributed by atoms with Crippen LogP contribution in [0.1, 0.15) is 29.0 Å². The number of phenols is 1. The largest absolute Gasteiger partial charge is 0.504 e. The molecule has 0 aliphatic carbocycles. The maximum Gasteiger partial charge on any atom is 0.238 e. The van der Waals surface area contributed by atoms with Crippen LogP contribution in [0.3, 0.4) is 0 Å². The van der Waals surface area contributed by atoms with E-state index >= 15 is 0 Å². The summed E-state index contributed by atoms with van der Waals surface area (Å²) >= 11 is 1.54. The van der Waals surface area contributed by atoms with Crippen LogP contribution in [0.5, 0.6) is 17.2 Å². The van der Waals surface area contributed by atoms with E-state index in [4.69, 9.17) is 14.6 Å². The Balaban J connectivity index is 1.87. The van der Waals surface area contributed by atoms with Crippen molar-refractivity contribution in [2.24, 2.45) is 0 Å². The fourth-order valence-corrected chi connectivity index (χ4v) is 4.85. The van der Waals surface area contributed by atoms with E-state index < -0.39 is 0 Å². The Morgan fingerprint density at radius 1 is 1.13 bits per heavy atom. The van der Waals surface area contributed by atoms with E-state index in [-0.39, 0.29) is 22.2 Å². The number of anilines is 1. The number of benzene rings is 2.